The molecular weight excluding hydrogens is 288 g/mol. The van der Waals surface area contributed by atoms with Crippen LogP contribution in [-0.2, 0) is 14.5 Å². The lowest BCUT2D eigenvalue weighted by atomic mass is 9.81. The van der Waals surface area contributed by atoms with E-state index in [1.165, 1.54) is 31.2 Å². The van der Waals surface area contributed by atoms with E-state index in [0.29, 0.717) is 5.92 Å². The van der Waals surface area contributed by atoms with E-state index in [9.17, 15) is 0 Å². The van der Waals surface area contributed by atoms with E-state index >= 15 is 0 Å². The van der Waals surface area contributed by atoms with Crippen molar-refractivity contribution >= 4 is 0 Å². The average molecular weight is 316 g/mol. The first kappa shape index (κ1) is 16.7. The molecule has 0 radical (unpaired) electrons. The molecule has 1 aromatic carbocycles. The van der Waals surface area contributed by atoms with Crippen LogP contribution in [0.5, 0.6) is 0 Å². The molecule has 1 aliphatic carbocycles. The summed E-state index contributed by atoms with van der Waals surface area (Å²) < 4.78 is 6.22. The normalized spacial score (nSPS) is 31.2. The van der Waals surface area contributed by atoms with Crippen LogP contribution in [0.2, 0.25) is 0 Å². The van der Waals surface area contributed by atoms with Crippen molar-refractivity contribution in [2.75, 3.05) is 0 Å². The van der Waals surface area contributed by atoms with Crippen LogP contribution >= 0.6 is 0 Å². The highest BCUT2D eigenvalue weighted by molar-refractivity contribution is 5.21. The Balaban J connectivity index is 1.58. The lowest BCUT2D eigenvalue weighted by molar-refractivity contribution is -0.393. The molecule has 0 bridgehead atoms. The highest BCUT2D eigenvalue weighted by Crippen LogP contribution is 2.36. The monoisotopic (exact) mass is 316 g/mol. The van der Waals surface area contributed by atoms with E-state index in [1.807, 2.05) is 6.08 Å². The molecule has 3 heteroatoms. The summed E-state index contributed by atoms with van der Waals surface area (Å²) in [5, 5.41) is 0. The highest BCUT2D eigenvalue weighted by atomic mass is 17.2. The molecule has 0 N–H and O–H groups in total. The molecule has 1 aliphatic heterocycles. The highest BCUT2D eigenvalue weighted by Gasteiger charge is 2.30. The molecule has 3 rings (SSSR count). The van der Waals surface area contributed by atoms with Crippen molar-refractivity contribution < 1.29 is 14.5 Å². The number of hydrogen-bond donors (Lipinski definition) is 0. The predicted molar refractivity (Wildman–Crippen MR) is 90.9 cm³/mol. The molecule has 0 aromatic heterocycles. The molecule has 4 atom stereocenters. The van der Waals surface area contributed by atoms with E-state index in [-0.39, 0.29) is 18.5 Å². The zero-order valence-corrected chi connectivity index (χ0v) is 14.0. The zero-order chi connectivity index (χ0) is 15.9. The molecule has 0 amide bonds. The molecule has 0 saturated heterocycles. The molecule has 1 saturated carbocycles. The Morgan fingerprint density at radius 2 is 1.87 bits per heavy atom. The van der Waals surface area contributed by atoms with Gasteiger partial charge in [0.25, 0.3) is 0 Å². The Morgan fingerprint density at radius 3 is 2.61 bits per heavy atom. The largest absolute Gasteiger partial charge is 0.343 e. The first-order chi connectivity index (χ1) is 11.4. The van der Waals surface area contributed by atoms with E-state index < -0.39 is 0 Å². The number of ether oxygens (including phenoxy) is 1. The summed E-state index contributed by atoms with van der Waals surface area (Å²) in [5.41, 5.74) is 1.37. The zero-order valence-electron chi connectivity index (χ0n) is 14.0. The molecule has 0 spiro atoms. The quantitative estimate of drug-likeness (QED) is 0.538. The fourth-order valence-electron chi connectivity index (χ4n) is 3.54. The van der Waals surface area contributed by atoms with E-state index in [4.69, 9.17) is 14.5 Å². The smallest absolute Gasteiger partial charge is 0.210 e. The molecule has 23 heavy (non-hydrogen) atoms. The Bertz CT molecular complexity index is 485. The molecular formula is C20H28O3. The number of rotatable bonds is 6. The van der Waals surface area contributed by atoms with Gasteiger partial charge in [-0.1, -0.05) is 69.0 Å². The SMILES string of the molecule is CCCCC1C=CC(O[C@@H]2CCCC[C@@H]2c2ccccc2)OO1. The molecule has 2 aliphatic rings. The van der Waals surface area contributed by atoms with Gasteiger partial charge in [0.15, 0.2) is 0 Å². The number of benzene rings is 1. The van der Waals surface area contributed by atoms with Gasteiger partial charge in [0.2, 0.25) is 6.29 Å². The summed E-state index contributed by atoms with van der Waals surface area (Å²) >= 11 is 0. The fraction of sp³-hybridized carbons (Fsp3) is 0.600. The summed E-state index contributed by atoms with van der Waals surface area (Å²) in [4.78, 5) is 10.9. The maximum Gasteiger partial charge on any atom is 0.210 e. The van der Waals surface area contributed by atoms with Gasteiger partial charge in [-0.2, -0.15) is 4.89 Å². The second-order valence-corrected chi connectivity index (χ2v) is 6.60. The second kappa shape index (κ2) is 8.62. The van der Waals surface area contributed by atoms with E-state index in [2.05, 4.69) is 43.3 Å². The average Bonchev–Trinajstić information content (AvgIpc) is 2.62. The number of hydrogen-bond acceptors (Lipinski definition) is 3. The van der Waals surface area contributed by atoms with Crippen LogP contribution in [0.3, 0.4) is 0 Å². The van der Waals surface area contributed by atoms with Crippen LogP contribution in [0.15, 0.2) is 42.5 Å². The molecule has 2 unspecified atom stereocenters. The Kier molecular flexibility index (Phi) is 6.26. The lowest BCUT2D eigenvalue weighted by Crippen LogP contribution is -2.33. The van der Waals surface area contributed by atoms with Gasteiger partial charge in [0.1, 0.15) is 6.10 Å². The second-order valence-electron chi connectivity index (χ2n) is 6.60. The lowest BCUT2D eigenvalue weighted by Gasteiger charge is -2.34. The van der Waals surface area contributed by atoms with Crippen LogP contribution in [0, 0.1) is 0 Å². The first-order valence-corrected chi connectivity index (χ1v) is 9.07. The van der Waals surface area contributed by atoms with Crippen molar-refractivity contribution in [2.45, 2.75) is 76.3 Å². The summed E-state index contributed by atoms with van der Waals surface area (Å²) in [6, 6.07) is 10.7. The Labute approximate surface area is 139 Å². The van der Waals surface area contributed by atoms with Crippen LogP contribution in [0.4, 0.5) is 0 Å². The minimum atomic E-state index is -0.373. The van der Waals surface area contributed by atoms with Crippen LogP contribution in [0.25, 0.3) is 0 Å². The van der Waals surface area contributed by atoms with E-state index in [1.54, 1.807) is 0 Å². The summed E-state index contributed by atoms with van der Waals surface area (Å²) in [5.74, 6) is 0.458. The van der Waals surface area contributed by atoms with Gasteiger partial charge in [0.05, 0.1) is 6.10 Å². The van der Waals surface area contributed by atoms with Crippen molar-refractivity contribution in [3.63, 3.8) is 0 Å². The van der Waals surface area contributed by atoms with E-state index in [0.717, 1.165) is 19.3 Å². The minimum Gasteiger partial charge on any atom is -0.343 e. The summed E-state index contributed by atoms with van der Waals surface area (Å²) in [6.45, 7) is 2.19. The van der Waals surface area contributed by atoms with Gasteiger partial charge in [-0.15, -0.1) is 0 Å². The summed E-state index contributed by atoms with van der Waals surface area (Å²) in [6.07, 6.45) is 12.1. The van der Waals surface area contributed by atoms with Crippen LogP contribution in [0.1, 0.15) is 63.4 Å². The Morgan fingerprint density at radius 1 is 1.04 bits per heavy atom. The minimum absolute atomic E-state index is 0.0751. The van der Waals surface area contributed by atoms with Crippen molar-refractivity contribution in [3.05, 3.63) is 48.0 Å². The molecule has 1 fully saturated rings. The molecule has 1 aromatic rings. The Hall–Kier alpha value is -1.16. The molecule has 126 valence electrons. The van der Waals surface area contributed by atoms with Gasteiger partial charge in [-0.3, -0.25) is 0 Å². The van der Waals surface area contributed by atoms with Gasteiger partial charge in [-0.25, -0.2) is 4.89 Å². The maximum atomic E-state index is 6.22. The van der Waals surface area contributed by atoms with Crippen molar-refractivity contribution in [2.24, 2.45) is 0 Å². The van der Waals surface area contributed by atoms with Gasteiger partial charge >= 0.3 is 0 Å². The number of unbranched alkanes of at least 4 members (excludes halogenated alkanes) is 1. The third-order valence-corrected chi connectivity index (χ3v) is 4.84. The topological polar surface area (TPSA) is 27.7 Å². The molecule has 1 heterocycles. The van der Waals surface area contributed by atoms with Gasteiger partial charge in [-0.05, 0) is 30.9 Å². The van der Waals surface area contributed by atoms with Gasteiger partial charge < -0.3 is 4.74 Å². The van der Waals surface area contributed by atoms with Crippen molar-refractivity contribution in [3.8, 4) is 0 Å². The fourth-order valence-corrected chi connectivity index (χ4v) is 3.54. The van der Waals surface area contributed by atoms with Crippen molar-refractivity contribution in [1.82, 2.24) is 0 Å². The van der Waals surface area contributed by atoms with Crippen LogP contribution < -0.4 is 0 Å². The van der Waals surface area contributed by atoms with Crippen molar-refractivity contribution in [1.29, 1.82) is 0 Å². The predicted octanol–water partition coefficient (Wildman–Crippen LogP) is 5.13. The third-order valence-electron chi connectivity index (χ3n) is 4.84. The summed E-state index contributed by atoms with van der Waals surface area (Å²) in [7, 11) is 0. The maximum absolute atomic E-state index is 6.22. The molecule has 3 nitrogen and oxygen atoms in total. The van der Waals surface area contributed by atoms with Crippen LogP contribution in [-0.4, -0.2) is 18.5 Å². The first-order valence-electron chi connectivity index (χ1n) is 9.07. The van der Waals surface area contributed by atoms with Gasteiger partial charge in [0, 0.05) is 5.92 Å². The third kappa shape index (κ3) is 4.66. The standard InChI is InChI=1S/C20H28O3/c1-2-3-11-17-14-15-20(23-22-17)21-19-13-8-7-12-18(19)16-9-5-4-6-10-16/h4-6,9-10,14-15,17-20H,2-3,7-8,11-13H2,1H3/t17?,18-,19-,20?/m1/s1.